The van der Waals surface area contributed by atoms with Gasteiger partial charge in [0, 0.05) is 39.3 Å². The summed E-state index contributed by atoms with van der Waals surface area (Å²) in [7, 11) is 0. The number of hydrogen-bond acceptors (Lipinski definition) is 7. The summed E-state index contributed by atoms with van der Waals surface area (Å²) in [6.45, 7) is 16.7. The Hall–Kier alpha value is -5.23. The average molecular weight is 752 g/mol. The maximum absolute atomic E-state index is 15.0. The highest BCUT2D eigenvalue weighted by Crippen LogP contribution is 2.24. The van der Waals surface area contributed by atoms with Crippen LogP contribution < -0.4 is 20.8 Å². The maximum atomic E-state index is 15.0. The SMILES string of the molecule is C=CCN(CC(=O)N[C@@H](Cc1ccc(OC(C)(C)C)cc1)C(=O)N(Cc1cccc2ccccc12)[C@@H](C)C(OCC)OCC)NC(=O)NCc1ccccc1. The first-order valence-corrected chi connectivity index (χ1v) is 18.9. The van der Waals surface area contributed by atoms with Crippen molar-refractivity contribution in [1.82, 2.24) is 26.0 Å². The fraction of sp³-hybridized carbons (Fsp3) is 0.386. The molecule has 0 aliphatic carbocycles. The number of hydrogen-bond donors (Lipinski definition) is 3. The zero-order chi connectivity index (χ0) is 39.8. The van der Waals surface area contributed by atoms with Crippen LogP contribution in [0.3, 0.4) is 0 Å². The lowest BCUT2D eigenvalue weighted by molar-refractivity contribution is -0.179. The van der Waals surface area contributed by atoms with E-state index in [-0.39, 0.29) is 37.6 Å². The lowest BCUT2D eigenvalue weighted by Crippen LogP contribution is -2.57. The van der Waals surface area contributed by atoms with Crippen LogP contribution in [0, 0.1) is 0 Å². The Kier molecular flexibility index (Phi) is 16.2. The number of ether oxygens (including phenoxy) is 3. The highest BCUT2D eigenvalue weighted by atomic mass is 16.7. The Bertz CT molecular complexity index is 1820. The highest BCUT2D eigenvalue weighted by Gasteiger charge is 2.34. The van der Waals surface area contributed by atoms with Gasteiger partial charge in [-0.1, -0.05) is 91.0 Å². The van der Waals surface area contributed by atoms with Gasteiger partial charge in [0.25, 0.3) is 0 Å². The number of benzene rings is 4. The lowest BCUT2D eigenvalue weighted by Gasteiger charge is -2.37. The topological polar surface area (TPSA) is 121 Å². The summed E-state index contributed by atoms with van der Waals surface area (Å²) in [5.41, 5.74) is 5.06. The van der Waals surface area contributed by atoms with Crippen LogP contribution in [0.4, 0.5) is 4.79 Å². The lowest BCUT2D eigenvalue weighted by atomic mass is 10.0. The van der Waals surface area contributed by atoms with Gasteiger partial charge in [0.15, 0.2) is 6.29 Å². The molecule has 0 fully saturated rings. The molecule has 0 aliphatic rings. The first-order valence-electron chi connectivity index (χ1n) is 18.9. The smallest absolute Gasteiger partial charge is 0.329 e. The van der Waals surface area contributed by atoms with Crippen molar-refractivity contribution < 1.29 is 28.6 Å². The van der Waals surface area contributed by atoms with Crippen LogP contribution in [0.2, 0.25) is 0 Å². The number of nitrogens with one attached hydrogen (secondary N) is 3. The second kappa shape index (κ2) is 21.0. The van der Waals surface area contributed by atoms with E-state index >= 15 is 4.79 Å². The summed E-state index contributed by atoms with van der Waals surface area (Å²) in [5, 5.41) is 9.34. The Morgan fingerprint density at radius 2 is 1.49 bits per heavy atom. The molecule has 4 amide bonds. The zero-order valence-electron chi connectivity index (χ0n) is 33.0. The van der Waals surface area contributed by atoms with Crippen molar-refractivity contribution in [3.05, 3.63) is 126 Å². The molecule has 2 atom stereocenters. The van der Waals surface area contributed by atoms with Crippen molar-refractivity contribution >= 4 is 28.6 Å². The molecule has 0 saturated heterocycles. The molecule has 4 aromatic carbocycles. The van der Waals surface area contributed by atoms with Crippen LogP contribution in [0.5, 0.6) is 5.75 Å². The van der Waals surface area contributed by atoms with E-state index in [0.29, 0.717) is 25.5 Å². The molecule has 55 heavy (non-hydrogen) atoms. The fourth-order valence-corrected chi connectivity index (χ4v) is 6.20. The Morgan fingerprint density at radius 1 is 0.836 bits per heavy atom. The van der Waals surface area contributed by atoms with Gasteiger partial charge in [0.2, 0.25) is 11.8 Å². The Labute approximate surface area is 326 Å². The maximum Gasteiger partial charge on any atom is 0.329 e. The molecule has 0 unspecified atom stereocenters. The van der Waals surface area contributed by atoms with Gasteiger partial charge in [-0.3, -0.25) is 15.0 Å². The van der Waals surface area contributed by atoms with Gasteiger partial charge in [-0.15, -0.1) is 6.58 Å². The minimum atomic E-state index is -0.985. The molecule has 0 aromatic heterocycles. The first-order chi connectivity index (χ1) is 26.4. The molecule has 4 aromatic rings. The molecule has 294 valence electrons. The standard InChI is InChI=1S/C44H57N5O6/c1-8-27-48(47-43(52)45-29-34-17-12-11-13-18-34)31-40(50)46-39(28-33-23-25-37(26-24-33)55-44(5,6)7)41(51)49(32(4)42(53-9-2)54-10-3)30-36-21-16-20-35-19-14-15-22-38(35)36/h8,11-26,32,39,42H,1,9-10,27-31H2,2-7H3,(H,46,50)(H2,45,47,52)/t32-,39-/m0/s1. The predicted octanol–water partition coefficient (Wildman–Crippen LogP) is 6.76. The summed E-state index contributed by atoms with van der Waals surface area (Å²) < 4.78 is 18.1. The van der Waals surface area contributed by atoms with Gasteiger partial charge in [0.1, 0.15) is 17.4 Å². The molecule has 11 nitrogen and oxygen atoms in total. The third-order valence-electron chi connectivity index (χ3n) is 8.71. The first kappa shape index (κ1) is 42.5. The molecule has 0 saturated carbocycles. The van der Waals surface area contributed by atoms with E-state index < -0.39 is 30.3 Å². The summed E-state index contributed by atoms with van der Waals surface area (Å²) in [6, 6.07) is 29.1. The van der Waals surface area contributed by atoms with Crippen molar-refractivity contribution in [2.24, 2.45) is 0 Å². The number of rotatable bonds is 20. The van der Waals surface area contributed by atoms with Crippen molar-refractivity contribution in [3.63, 3.8) is 0 Å². The number of fused-ring (bicyclic) bond motifs is 1. The second-order valence-electron chi connectivity index (χ2n) is 14.3. The van der Waals surface area contributed by atoms with Gasteiger partial charge in [-0.05, 0) is 81.1 Å². The van der Waals surface area contributed by atoms with E-state index in [1.807, 2.05) is 139 Å². The molecule has 3 N–H and O–H groups in total. The highest BCUT2D eigenvalue weighted by molar-refractivity contribution is 5.90. The number of carbonyl (C=O) groups excluding carboxylic acids is 3. The second-order valence-corrected chi connectivity index (χ2v) is 14.3. The minimum Gasteiger partial charge on any atom is -0.488 e. The number of hydrazine groups is 1. The van der Waals surface area contributed by atoms with Crippen LogP contribution in [0.15, 0.2) is 110 Å². The predicted molar refractivity (Wildman–Crippen MR) is 217 cm³/mol. The molecule has 0 spiro atoms. The van der Waals surface area contributed by atoms with Crippen molar-refractivity contribution in [1.29, 1.82) is 0 Å². The molecule has 0 aliphatic heterocycles. The van der Waals surface area contributed by atoms with Crippen molar-refractivity contribution in [3.8, 4) is 5.75 Å². The monoisotopic (exact) mass is 751 g/mol. The molecule has 11 heteroatoms. The number of nitrogens with zero attached hydrogens (tertiary/aromatic N) is 2. The zero-order valence-corrected chi connectivity index (χ0v) is 33.0. The van der Waals surface area contributed by atoms with E-state index in [4.69, 9.17) is 14.2 Å². The van der Waals surface area contributed by atoms with Crippen molar-refractivity contribution in [2.45, 2.75) is 85.0 Å². The fourth-order valence-electron chi connectivity index (χ4n) is 6.20. The van der Waals surface area contributed by atoms with E-state index in [1.54, 1.807) is 11.0 Å². The van der Waals surface area contributed by atoms with Crippen LogP contribution in [-0.2, 0) is 38.6 Å². The van der Waals surface area contributed by atoms with E-state index in [2.05, 4.69) is 22.6 Å². The summed E-state index contributed by atoms with van der Waals surface area (Å²) in [6.07, 6.45) is 1.07. The van der Waals surface area contributed by atoms with Gasteiger partial charge < -0.3 is 29.7 Å². The Balaban J connectivity index is 1.64. The number of urea groups is 1. The van der Waals surface area contributed by atoms with E-state index in [0.717, 1.165) is 27.5 Å². The number of carbonyl (C=O) groups is 3. The summed E-state index contributed by atoms with van der Waals surface area (Å²) in [4.78, 5) is 43.5. The van der Waals surface area contributed by atoms with Crippen LogP contribution in [-0.4, -0.2) is 78.0 Å². The molecule has 0 bridgehead atoms. The van der Waals surface area contributed by atoms with E-state index in [1.165, 1.54) is 5.01 Å². The summed E-state index contributed by atoms with van der Waals surface area (Å²) in [5.74, 6) is -0.0699. The Morgan fingerprint density at radius 3 is 2.15 bits per heavy atom. The van der Waals surface area contributed by atoms with E-state index in [9.17, 15) is 9.59 Å². The molecule has 0 heterocycles. The normalized spacial score (nSPS) is 12.6. The van der Waals surface area contributed by atoms with Gasteiger partial charge in [-0.25, -0.2) is 9.80 Å². The number of amides is 4. The molecular weight excluding hydrogens is 695 g/mol. The van der Waals surface area contributed by atoms with Crippen LogP contribution in [0.25, 0.3) is 10.8 Å². The minimum absolute atomic E-state index is 0.189. The third kappa shape index (κ3) is 13.5. The van der Waals surface area contributed by atoms with Crippen LogP contribution in [0.1, 0.15) is 58.2 Å². The average Bonchev–Trinajstić information content (AvgIpc) is 3.16. The largest absolute Gasteiger partial charge is 0.488 e. The summed E-state index contributed by atoms with van der Waals surface area (Å²) >= 11 is 0. The molecule has 4 rings (SSSR count). The molecule has 0 radical (unpaired) electrons. The van der Waals surface area contributed by atoms with Gasteiger partial charge in [0.05, 0.1) is 12.6 Å². The van der Waals surface area contributed by atoms with Gasteiger partial charge in [-0.2, -0.15) is 0 Å². The van der Waals surface area contributed by atoms with Gasteiger partial charge >= 0.3 is 6.03 Å². The van der Waals surface area contributed by atoms with Crippen LogP contribution >= 0.6 is 0 Å². The quantitative estimate of drug-likeness (QED) is 0.0519. The third-order valence-corrected chi connectivity index (χ3v) is 8.71. The molecular formula is C44H57N5O6. The van der Waals surface area contributed by atoms with Crippen molar-refractivity contribution in [2.75, 3.05) is 26.3 Å².